The second-order valence-electron chi connectivity index (χ2n) is 7.38. The molecule has 7 heteroatoms. The molecule has 2 saturated heterocycles. The van der Waals surface area contributed by atoms with E-state index in [0.717, 1.165) is 51.9 Å². The fourth-order valence-electron chi connectivity index (χ4n) is 3.82. The molecule has 2 aliphatic rings. The van der Waals surface area contributed by atoms with Gasteiger partial charge in [0.25, 0.3) is 0 Å². The van der Waals surface area contributed by atoms with Crippen LogP contribution >= 0.6 is 0 Å². The van der Waals surface area contributed by atoms with Gasteiger partial charge in [-0.1, -0.05) is 0 Å². The van der Waals surface area contributed by atoms with Crippen LogP contribution in [-0.2, 0) is 18.3 Å². The first-order chi connectivity index (χ1) is 12.0. The highest BCUT2D eigenvalue weighted by atomic mass is 16.2. The number of carbonyl (C=O) groups excluding carboxylic acids is 2. The zero-order chi connectivity index (χ0) is 17.8. The Bertz CT molecular complexity index is 608. The Hall–Kier alpha value is -2.05. The first-order valence-electron chi connectivity index (χ1n) is 9.34. The molecule has 3 heterocycles. The van der Waals surface area contributed by atoms with Crippen molar-refractivity contribution in [2.75, 3.05) is 26.2 Å². The van der Waals surface area contributed by atoms with Gasteiger partial charge in [0.2, 0.25) is 5.91 Å². The normalized spacial score (nSPS) is 22.1. The molecule has 7 nitrogen and oxygen atoms in total. The lowest BCUT2D eigenvalue weighted by atomic mass is 10.0. The van der Waals surface area contributed by atoms with Crippen LogP contribution in [0.25, 0.3) is 0 Å². The van der Waals surface area contributed by atoms with E-state index >= 15 is 0 Å². The number of urea groups is 1. The van der Waals surface area contributed by atoms with Crippen molar-refractivity contribution in [1.29, 1.82) is 0 Å². The first kappa shape index (κ1) is 17.8. The van der Waals surface area contributed by atoms with Crippen LogP contribution in [0.5, 0.6) is 0 Å². The van der Waals surface area contributed by atoms with Gasteiger partial charge >= 0.3 is 6.03 Å². The molecular weight excluding hydrogens is 318 g/mol. The van der Waals surface area contributed by atoms with Gasteiger partial charge in [-0.3, -0.25) is 9.48 Å². The van der Waals surface area contributed by atoms with Gasteiger partial charge in [-0.05, 0) is 50.5 Å². The van der Waals surface area contributed by atoms with Crippen LogP contribution in [0.3, 0.4) is 0 Å². The summed E-state index contributed by atoms with van der Waals surface area (Å²) in [7, 11) is 1.92. The Morgan fingerprint density at radius 2 is 2.00 bits per heavy atom. The molecule has 2 atom stereocenters. The predicted molar refractivity (Wildman–Crippen MR) is 95.0 cm³/mol. The monoisotopic (exact) mass is 347 g/mol. The van der Waals surface area contributed by atoms with Crippen molar-refractivity contribution < 1.29 is 9.59 Å². The predicted octanol–water partition coefficient (Wildman–Crippen LogP) is 1.40. The van der Waals surface area contributed by atoms with E-state index in [4.69, 9.17) is 0 Å². The van der Waals surface area contributed by atoms with Crippen LogP contribution in [0, 0.1) is 5.92 Å². The van der Waals surface area contributed by atoms with E-state index in [2.05, 4.69) is 10.4 Å². The third kappa shape index (κ3) is 4.52. The summed E-state index contributed by atoms with van der Waals surface area (Å²) in [6, 6.07) is -0.575. The van der Waals surface area contributed by atoms with Crippen molar-refractivity contribution >= 4 is 11.9 Å². The van der Waals surface area contributed by atoms with Crippen molar-refractivity contribution in [2.24, 2.45) is 13.0 Å². The minimum absolute atomic E-state index is 0.0409. The number of aryl methyl sites for hydroxylation is 1. The average Bonchev–Trinajstić information content (AvgIpc) is 3.24. The van der Waals surface area contributed by atoms with Crippen LogP contribution in [0.1, 0.15) is 38.2 Å². The minimum atomic E-state index is -0.456. The number of amides is 3. The van der Waals surface area contributed by atoms with E-state index in [9.17, 15) is 9.59 Å². The summed E-state index contributed by atoms with van der Waals surface area (Å²) < 4.78 is 1.81. The summed E-state index contributed by atoms with van der Waals surface area (Å²) in [5.41, 5.74) is 1.21. The highest BCUT2D eigenvalue weighted by molar-refractivity contribution is 5.86. The molecule has 0 radical (unpaired) electrons. The van der Waals surface area contributed by atoms with Gasteiger partial charge in [0, 0.05) is 39.4 Å². The zero-order valence-electron chi connectivity index (χ0n) is 15.3. The van der Waals surface area contributed by atoms with Crippen LogP contribution in [-0.4, -0.2) is 63.7 Å². The number of carbonyl (C=O) groups is 2. The Kier molecular flexibility index (Phi) is 5.60. The van der Waals surface area contributed by atoms with Gasteiger partial charge in [-0.25, -0.2) is 4.79 Å². The minimum Gasteiger partial charge on any atom is -0.341 e. The second-order valence-corrected chi connectivity index (χ2v) is 7.38. The van der Waals surface area contributed by atoms with E-state index < -0.39 is 6.04 Å². The molecule has 25 heavy (non-hydrogen) atoms. The number of nitrogens with one attached hydrogen (secondary N) is 1. The molecule has 0 unspecified atom stereocenters. The molecular formula is C18H29N5O2. The van der Waals surface area contributed by atoms with Crippen molar-refractivity contribution in [3.8, 4) is 0 Å². The molecule has 0 saturated carbocycles. The summed E-state index contributed by atoms with van der Waals surface area (Å²) >= 11 is 0. The molecule has 2 aliphatic heterocycles. The molecule has 3 amide bonds. The molecule has 1 aromatic heterocycles. The number of piperidine rings is 1. The van der Waals surface area contributed by atoms with Gasteiger partial charge in [0.05, 0.1) is 6.20 Å². The van der Waals surface area contributed by atoms with Crippen molar-refractivity contribution in [2.45, 2.75) is 45.1 Å². The van der Waals surface area contributed by atoms with Gasteiger partial charge in [-0.2, -0.15) is 5.10 Å². The van der Waals surface area contributed by atoms with Crippen molar-refractivity contribution in [3.05, 3.63) is 18.0 Å². The van der Waals surface area contributed by atoms with Crippen molar-refractivity contribution in [3.63, 3.8) is 0 Å². The molecule has 2 fully saturated rings. The third-order valence-corrected chi connectivity index (χ3v) is 5.23. The lowest BCUT2D eigenvalue weighted by Gasteiger charge is -2.30. The lowest BCUT2D eigenvalue weighted by Crippen LogP contribution is -2.51. The quantitative estimate of drug-likeness (QED) is 0.895. The first-order valence-corrected chi connectivity index (χ1v) is 9.34. The van der Waals surface area contributed by atoms with E-state index in [1.54, 1.807) is 6.92 Å². The summed E-state index contributed by atoms with van der Waals surface area (Å²) in [5.74, 6) is 0.502. The van der Waals surface area contributed by atoms with Crippen LogP contribution < -0.4 is 5.32 Å². The molecule has 0 aliphatic carbocycles. The smallest absolute Gasteiger partial charge is 0.318 e. The Labute approximate surface area is 149 Å². The van der Waals surface area contributed by atoms with E-state index in [-0.39, 0.29) is 11.9 Å². The number of hydrogen-bond donors (Lipinski definition) is 1. The van der Waals surface area contributed by atoms with Crippen LogP contribution in [0.4, 0.5) is 4.79 Å². The standard InChI is InChI=1S/C18H29N5O2/c1-14(17(24)22-7-4-3-5-8-22)20-18(25)23-9-6-15(13-23)10-16-11-19-21(2)12-16/h11-12,14-15H,3-10,13H2,1-2H3,(H,20,25)/t14-,15+/m0/s1. The van der Waals surface area contributed by atoms with Gasteiger partial charge in [0.15, 0.2) is 0 Å². The molecule has 1 aromatic rings. The maximum absolute atomic E-state index is 12.5. The van der Waals surface area contributed by atoms with E-state index in [0.29, 0.717) is 5.92 Å². The Balaban J connectivity index is 1.45. The largest absolute Gasteiger partial charge is 0.341 e. The SMILES string of the molecule is C[C@H](NC(=O)N1CC[C@H](Cc2cnn(C)c2)C1)C(=O)N1CCCCC1. The molecule has 3 rings (SSSR count). The zero-order valence-corrected chi connectivity index (χ0v) is 15.3. The fraction of sp³-hybridized carbons (Fsp3) is 0.722. The highest BCUT2D eigenvalue weighted by Gasteiger charge is 2.29. The molecule has 0 bridgehead atoms. The number of hydrogen-bond acceptors (Lipinski definition) is 3. The Morgan fingerprint density at radius 3 is 2.68 bits per heavy atom. The average molecular weight is 347 g/mol. The van der Waals surface area contributed by atoms with Crippen LogP contribution in [0.15, 0.2) is 12.4 Å². The van der Waals surface area contributed by atoms with Gasteiger partial charge in [0.1, 0.15) is 6.04 Å². The van der Waals surface area contributed by atoms with Gasteiger partial charge in [-0.15, -0.1) is 0 Å². The molecule has 0 spiro atoms. The summed E-state index contributed by atoms with van der Waals surface area (Å²) in [5, 5.41) is 7.08. The highest BCUT2D eigenvalue weighted by Crippen LogP contribution is 2.20. The third-order valence-electron chi connectivity index (χ3n) is 5.23. The maximum Gasteiger partial charge on any atom is 0.318 e. The number of aromatic nitrogens is 2. The summed E-state index contributed by atoms with van der Waals surface area (Å²) in [4.78, 5) is 28.6. The molecule has 0 aromatic carbocycles. The molecule has 138 valence electrons. The lowest BCUT2D eigenvalue weighted by molar-refractivity contribution is -0.133. The number of rotatable bonds is 4. The number of likely N-dealkylation sites (tertiary alicyclic amines) is 2. The topological polar surface area (TPSA) is 70.5 Å². The number of nitrogens with zero attached hydrogens (tertiary/aromatic N) is 4. The maximum atomic E-state index is 12.5. The van der Waals surface area contributed by atoms with Crippen LogP contribution in [0.2, 0.25) is 0 Å². The molecule has 1 N–H and O–H groups in total. The van der Waals surface area contributed by atoms with Crippen molar-refractivity contribution in [1.82, 2.24) is 24.9 Å². The Morgan fingerprint density at radius 1 is 1.24 bits per heavy atom. The fourth-order valence-corrected chi connectivity index (χ4v) is 3.82. The summed E-state index contributed by atoms with van der Waals surface area (Å²) in [6.45, 7) is 4.91. The summed E-state index contributed by atoms with van der Waals surface area (Å²) in [6.07, 6.45) is 9.18. The second kappa shape index (κ2) is 7.89. The van der Waals surface area contributed by atoms with E-state index in [1.165, 1.54) is 12.0 Å². The van der Waals surface area contributed by atoms with Gasteiger partial charge < -0.3 is 15.1 Å². The van der Waals surface area contributed by atoms with E-state index in [1.807, 2.05) is 33.9 Å².